The summed E-state index contributed by atoms with van der Waals surface area (Å²) in [6, 6.07) is 23.1. The molecule has 0 aliphatic carbocycles. The Morgan fingerprint density at radius 1 is 0.968 bits per heavy atom. The minimum Gasteiger partial charge on any atom is -0.493 e. The molecule has 5 heteroatoms. The molecule has 1 aliphatic rings. The summed E-state index contributed by atoms with van der Waals surface area (Å²) >= 11 is 0. The monoisotopic (exact) mass is 415 g/mol. The van der Waals surface area contributed by atoms with Gasteiger partial charge in [-0.1, -0.05) is 66.2 Å². The largest absolute Gasteiger partial charge is 0.493 e. The fourth-order valence-electron chi connectivity index (χ4n) is 4.04. The highest BCUT2D eigenvalue weighted by Gasteiger charge is 2.25. The molecule has 0 aromatic heterocycles. The van der Waals surface area contributed by atoms with Gasteiger partial charge in [-0.05, 0) is 35.4 Å². The highest BCUT2D eigenvalue weighted by atomic mass is 16.5. The molecule has 3 aromatic rings. The highest BCUT2D eigenvalue weighted by molar-refractivity contribution is 6.07. The molecule has 0 saturated heterocycles. The van der Waals surface area contributed by atoms with E-state index in [1.54, 1.807) is 0 Å². The Labute approximate surface area is 181 Å². The van der Waals surface area contributed by atoms with Crippen molar-refractivity contribution in [1.82, 2.24) is 4.90 Å². The van der Waals surface area contributed by atoms with Gasteiger partial charge in [0.2, 0.25) is 0 Å². The smallest absolute Gasteiger partial charge is 0.304 e. The molecule has 0 radical (unpaired) electrons. The third-order valence-electron chi connectivity index (χ3n) is 5.69. The number of carboxylic acids is 1. The molecular weight excluding hydrogens is 390 g/mol. The predicted molar refractivity (Wildman–Crippen MR) is 120 cm³/mol. The van der Waals surface area contributed by atoms with Crippen molar-refractivity contribution in [2.24, 2.45) is 5.92 Å². The van der Waals surface area contributed by atoms with Gasteiger partial charge in [0.25, 0.3) is 5.91 Å². The molecule has 158 valence electrons. The lowest BCUT2D eigenvalue weighted by Crippen LogP contribution is -2.36. The second kappa shape index (κ2) is 9.47. The molecule has 0 spiro atoms. The first-order chi connectivity index (χ1) is 15.1. The Bertz CT molecular complexity index is 1100. The zero-order valence-electron chi connectivity index (χ0n) is 17.2. The van der Waals surface area contributed by atoms with Crippen LogP contribution in [-0.2, 0) is 4.79 Å². The molecule has 1 atom stereocenters. The van der Waals surface area contributed by atoms with Gasteiger partial charge in [0.1, 0.15) is 5.75 Å². The van der Waals surface area contributed by atoms with Crippen molar-refractivity contribution in [3.05, 3.63) is 90.0 Å². The Kier molecular flexibility index (Phi) is 6.32. The molecule has 3 aromatic carbocycles. The van der Waals surface area contributed by atoms with Crippen molar-refractivity contribution in [3.8, 4) is 5.75 Å². The number of ether oxygens (including phenoxy) is 1. The van der Waals surface area contributed by atoms with Crippen LogP contribution in [0.1, 0.15) is 23.2 Å². The topological polar surface area (TPSA) is 66.8 Å². The number of carboxylic acid groups (broad SMARTS) is 1. The van der Waals surface area contributed by atoms with Gasteiger partial charge >= 0.3 is 5.97 Å². The lowest BCUT2D eigenvalue weighted by molar-refractivity contribution is -0.138. The first-order valence-electron chi connectivity index (χ1n) is 10.5. The van der Waals surface area contributed by atoms with Crippen molar-refractivity contribution in [2.45, 2.75) is 12.8 Å². The van der Waals surface area contributed by atoms with E-state index in [0.29, 0.717) is 31.7 Å². The van der Waals surface area contributed by atoms with E-state index in [9.17, 15) is 14.7 Å². The summed E-state index contributed by atoms with van der Waals surface area (Å²) in [6.07, 6.45) is 2.65. The first-order valence-corrected chi connectivity index (χ1v) is 10.5. The first kappa shape index (κ1) is 20.7. The number of carbonyl (C=O) groups excluding carboxylic acids is 1. The maximum absolute atomic E-state index is 13.2. The van der Waals surface area contributed by atoms with E-state index in [4.69, 9.17) is 4.74 Å². The summed E-state index contributed by atoms with van der Waals surface area (Å²) in [5.41, 5.74) is 1.74. The van der Waals surface area contributed by atoms with Crippen LogP contribution in [0.2, 0.25) is 0 Å². The van der Waals surface area contributed by atoms with E-state index < -0.39 is 5.97 Å². The molecule has 1 aliphatic heterocycles. The molecule has 0 saturated carbocycles. The van der Waals surface area contributed by atoms with Crippen LogP contribution in [0.5, 0.6) is 5.75 Å². The van der Waals surface area contributed by atoms with Crippen molar-refractivity contribution in [3.63, 3.8) is 0 Å². The standard InChI is InChI=1S/C26H25NO4/c28-25(29)17-21(18-31-22-9-2-1-3-10-22)19-13-15-27(16-14-19)26(30)24-12-6-8-20-7-4-5-11-23(20)24/h1-13,21H,14-18H2,(H,28,29). The number of aliphatic carboxylic acids is 1. The minimum atomic E-state index is -0.850. The summed E-state index contributed by atoms with van der Waals surface area (Å²) in [5, 5.41) is 11.3. The van der Waals surface area contributed by atoms with Crippen LogP contribution in [0.25, 0.3) is 10.8 Å². The number of fused-ring (bicyclic) bond motifs is 1. The minimum absolute atomic E-state index is 0.00224. The van der Waals surface area contributed by atoms with Crippen LogP contribution in [0.4, 0.5) is 0 Å². The fraction of sp³-hybridized carbons (Fsp3) is 0.231. The van der Waals surface area contributed by atoms with Gasteiger partial charge in [-0.2, -0.15) is 0 Å². The summed E-state index contributed by atoms with van der Waals surface area (Å²) in [6.45, 7) is 1.34. The van der Waals surface area contributed by atoms with E-state index >= 15 is 0 Å². The van der Waals surface area contributed by atoms with E-state index in [1.807, 2.05) is 83.8 Å². The Morgan fingerprint density at radius 2 is 1.71 bits per heavy atom. The Morgan fingerprint density at radius 3 is 2.45 bits per heavy atom. The van der Waals surface area contributed by atoms with E-state index in [1.165, 1.54) is 0 Å². The SMILES string of the molecule is O=C(O)CC(COc1ccccc1)C1=CCN(C(=O)c2cccc3ccccc23)CC1. The Balaban J connectivity index is 1.47. The third-order valence-corrected chi connectivity index (χ3v) is 5.69. The second-order valence-electron chi connectivity index (χ2n) is 7.73. The molecule has 4 rings (SSSR count). The maximum Gasteiger partial charge on any atom is 0.304 e. The Hall–Kier alpha value is -3.60. The van der Waals surface area contributed by atoms with Gasteiger partial charge in [-0.25, -0.2) is 0 Å². The fourth-order valence-corrected chi connectivity index (χ4v) is 4.04. The number of benzene rings is 3. The van der Waals surface area contributed by atoms with Gasteiger partial charge in [-0.15, -0.1) is 0 Å². The van der Waals surface area contributed by atoms with Gasteiger partial charge < -0.3 is 14.7 Å². The van der Waals surface area contributed by atoms with Crippen molar-refractivity contribution >= 4 is 22.6 Å². The van der Waals surface area contributed by atoms with E-state index in [0.717, 1.165) is 22.1 Å². The van der Waals surface area contributed by atoms with Crippen LogP contribution in [0, 0.1) is 5.92 Å². The number of amides is 1. The molecular formula is C26H25NO4. The van der Waals surface area contributed by atoms with Gasteiger partial charge in [-0.3, -0.25) is 9.59 Å². The molecule has 0 bridgehead atoms. The molecule has 1 heterocycles. The van der Waals surface area contributed by atoms with E-state index in [-0.39, 0.29) is 18.2 Å². The van der Waals surface area contributed by atoms with Crippen LogP contribution < -0.4 is 4.74 Å². The number of carbonyl (C=O) groups is 2. The summed E-state index contributed by atoms with van der Waals surface area (Å²) in [7, 11) is 0. The molecule has 1 unspecified atom stereocenters. The van der Waals surface area contributed by atoms with Crippen LogP contribution >= 0.6 is 0 Å². The number of para-hydroxylation sites is 1. The van der Waals surface area contributed by atoms with E-state index in [2.05, 4.69) is 0 Å². The zero-order chi connectivity index (χ0) is 21.6. The second-order valence-corrected chi connectivity index (χ2v) is 7.73. The third kappa shape index (κ3) is 4.94. The van der Waals surface area contributed by atoms with Gasteiger partial charge in [0, 0.05) is 24.6 Å². The maximum atomic E-state index is 13.2. The van der Waals surface area contributed by atoms with Crippen LogP contribution in [0.15, 0.2) is 84.4 Å². The summed E-state index contributed by atoms with van der Waals surface area (Å²) in [4.78, 5) is 26.4. The number of hydrogen-bond donors (Lipinski definition) is 1. The number of hydrogen-bond acceptors (Lipinski definition) is 3. The van der Waals surface area contributed by atoms with Crippen LogP contribution in [0.3, 0.4) is 0 Å². The lowest BCUT2D eigenvalue weighted by atomic mass is 9.91. The van der Waals surface area contributed by atoms with Crippen molar-refractivity contribution in [2.75, 3.05) is 19.7 Å². The summed E-state index contributed by atoms with van der Waals surface area (Å²) in [5.74, 6) is -0.339. The molecule has 1 amide bonds. The van der Waals surface area contributed by atoms with Gasteiger partial charge in [0.15, 0.2) is 0 Å². The van der Waals surface area contributed by atoms with Crippen LogP contribution in [-0.4, -0.2) is 41.6 Å². The average molecular weight is 415 g/mol. The number of rotatable bonds is 7. The van der Waals surface area contributed by atoms with Crippen molar-refractivity contribution < 1.29 is 19.4 Å². The lowest BCUT2D eigenvalue weighted by Gasteiger charge is -2.30. The van der Waals surface area contributed by atoms with Gasteiger partial charge in [0.05, 0.1) is 13.0 Å². The van der Waals surface area contributed by atoms with Crippen molar-refractivity contribution in [1.29, 1.82) is 0 Å². The molecule has 1 N–H and O–H groups in total. The zero-order valence-corrected chi connectivity index (χ0v) is 17.2. The number of nitrogens with zero attached hydrogens (tertiary/aromatic N) is 1. The normalized spacial score (nSPS) is 14.7. The average Bonchev–Trinajstić information content (AvgIpc) is 2.81. The molecule has 5 nitrogen and oxygen atoms in total. The highest BCUT2D eigenvalue weighted by Crippen LogP contribution is 2.26. The molecule has 0 fully saturated rings. The summed E-state index contributed by atoms with van der Waals surface area (Å²) < 4.78 is 5.83. The predicted octanol–water partition coefficient (Wildman–Crippen LogP) is 4.78. The quantitative estimate of drug-likeness (QED) is 0.564. The molecule has 31 heavy (non-hydrogen) atoms.